The van der Waals surface area contributed by atoms with Crippen molar-refractivity contribution >= 4 is 23.6 Å². The van der Waals surface area contributed by atoms with Crippen LogP contribution in [0.4, 0.5) is 0 Å². The van der Waals surface area contributed by atoms with Crippen molar-refractivity contribution in [3.8, 4) is 11.5 Å². The van der Waals surface area contributed by atoms with Crippen LogP contribution in [0, 0.1) is 13.8 Å². The summed E-state index contributed by atoms with van der Waals surface area (Å²) in [5.41, 5.74) is 2.15. The summed E-state index contributed by atoms with van der Waals surface area (Å²) in [6, 6.07) is 5.16. The molecule has 0 amide bonds. The highest BCUT2D eigenvalue weighted by molar-refractivity contribution is 6.32. The molecule has 0 bridgehead atoms. The van der Waals surface area contributed by atoms with E-state index in [4.69, 9.17) is 21.4 Å². The van der Waals surface area contributed by atoms with Crippen molar-refractivity contribution in [2.24, 2.45) is 7.05 Å². The third-order valence-electron chi connectivity index (χ3n) is 3.06. The molecule has 2 rings (SSSR count). The predicted octanol–water partition coefficient (Wildman–Crippen LogP) is 3.58. The standard InChI is InChI=1S/C15H15ClN2O3/c1-9-15(10(2)18(3)17-9)21-13-6-4-5-12(16)11(13)7-8-14(19)20/h4-8H,1-3H3,(H,19,20). The SMILES string of the molecule is Cc1nn(C)c(C)c1Oc1cccc(Cl)c1C=CC(=O)O. The van der Waals surface area contributed by atoms with Crippen LogP contribution in [-0.2, 0) is 11.8 Å². The Labute approximate surface area is 127 Å². The maximum absolute atomic E-state index is 10.7. The smallest absolute Gasteiger partial charge is 0.328 e. The van der Waals surface area contributed by atoms with E-state index in [1.807, 2.05) is 20.9 Å². The highest BCUT2D eigenvalue weighted by atomic mass is 35.5. The number of nitrogens with zero attached hydrogens (tertiary/aromatic N) is 2. The van der Waals surface area contributed by atoms with Crippen LogP contribution in [0.15, 0.2) is 24.3 Å². The summed E-state index contributed by atoms with van der Waals surface area (Å²) in [6.45, 7) is 3.74. The molecule has 0 aliphatic heterocycles. The number of hydrogen-bond donors (Lipinski definition) is 1. The average molecular weight is 307 g/mol. The summed E-state index contributed by atoms with van der Waals surface area (Å²) in [5, 5.41) is 13.5. The molecule has 0 saturated carbocycles. The molecule has 2 aromatic rings. The number of aromatic nitrogens is 2. The molecule has 1 aromatic heterocycles. The van der Waals surface area contributed by atoms with Gasteiger partial charge in [-0.2, -0.15) is 5.10 Å². The molecule has 6 heteroatoms. The number of aryl methyl sites for hydroxylation is 2. The van der Waals surface area contributed by atoms with Gasteiger partial charge in [0.15, 0.2) is 5.75 Å². The van der Waals surface area contributed by atoms with E-state index < -0.39 is 5.97 Å². The van der Waals surface area contributed by atoms with Crippen LogP contribution in [0.1, 0.15) is 17.0 Å². The van der Waals surface area contributed by atoms with Gasteiger partial charge in [0.2, 0.25) is 0 Å². The van der Waals surface area contributed by atoms with Crippen LogP contribution in [0.2, 0.25) is 5.02 Å². The summed E-state index contributed by atoms with van der Waals surface area (Å²) in [6.07, 6.45) is 2.44. The van der Waals surface area contributed by atoms with Crippen molar-refractivity contribution in [1.82, 2.24) is 9.78 Å². The fraction of sp³-hybridized carbons (Fsp3) is 0.200. The molecule has 0 aliphatic carbocycles. The van der Waals surface area contributed by atoms with Gasteiger partial charge in [-0.25, -0.2) is 4.79 Å². The molecule has 0 saturated heterocycles. The lowest BCUT2D eigenvalue weighted by molar-refractivity contribution is -0.131. The lowest BCUT2D eigenvalue weighted by Crippen LogP contribution is -1.94. The summed E-state index contributed by atoms with van der Waals surface area (Å²) in [4.78, 5) is 10.7. The Hall–Kier alpha value is -2.27. The first-order valence-corrected chi connectivity index (χ1v) is 6.65. The minimum atomic E-state index is -1.05. The van der Waals surface area contributed by atoms with Gasteiger partial charge in [0.05, 0.1) is 10.7 Å². The molecule has 1 heterocycles. The number of ether oxygens (including phenoxy) is 1. The summed E-state index contributed by atoms with van der Waals surface area (Å²) < 4.78 is 7.62. The maximum Gasteiger partial charge on any atom is 0.328 e. The van der Waals surface area contributed by atoms with Crippen LogP contribution >= 0.6 is 11.6 Å². The zero-order valence-corrected chi connectivity index (χ0v) is 12.7. The topological polar surface area (TPSA) is 64.4 Å². The lowest BCUT2D eigenvalue weighted by atomic mass is 10.2. The van der Waals surface area contributed by atoms with Gasteiger partial charge in [0, 0.05) is 18.7 Å². The van der Waals surface area contributed by atoms with Gasteiger partial charge in [-0.3, -0.25) is 4.68 Å². The van der Waals surface area contributed by atoms with Gasteiger partial charge in [-0.1, -0.05) is 17.7 Å². The average Bonchev–Trinajstić information content (AvgIpc) is 2.64. The van der Waals surface area contributed by atoms with Gasteiger partial charge in [-0.05, 0) is 32.1 Å². The molecule has 0 unspecified atom stereocenters. The second-order valence-corrected chi connectivity index (χ2v) is 4.96. The zero-order valence-electron chi connectivity index (χ0n) is 11.9. The Balaban J connectivity index is 2.45. The van der Waals surface area contributed by atoms with E-state index in [0.717, 1.165) is 17.5 Å². The number of hydrogen-bond acceptors (Lipinski definition) is 3. The number of rotatable bonds is 4. The summed E-state index contributed by atoms with van der Waals surface area (Å²) in [5.74, 6) is 0.0820. The molecule has 1 aromatic carbocycles. The van der Waals surface area contributed by atoms with Gasteiger partial charge in [-0.15, -0.1) is 0 Å². The highest BCUT2D eigenvalue weighted by Crippen LogP contribution is 2.34. The zero-order chi connectivity index (χ0) is 15.6. The minimum absolute atomic E-state index is 0.421. The van der Waals surface area contributed by atoms with Crippen molar-refractivity contribution in [3.05, 3.63) is 46.2 Å². The summed E-state index contributed by atoms with van der Waals surface area (Å²) in [7, 11) is 1.83. The lowest BCUT2D eigenvalue weighted by Gasteiger charge is -2.10. The monoisotopic (exact) mass is 306 g/mol. The first kappa shape index (κ1) is 15.1. The van der Waals surface area contributed by atoms with E-state index in [0.29, 0.717) is 22.1 Å². The normalized spacial score (nSPS) is 11.0. The fourth-order valence-electron chi connectivity index (χ4n) is 1.93. The first-order valence-electron chi connectivity index (χ1n) is 6.27. The fourth-order valence-corrected chi connectivity index (χ4v) is 2.16. The first-order chi connectivity index (χ1) is 9.90. The number of aliphatic carboxylic acids is 1. The van der Waals surface area contributed by atoms with Crippen molar-refractivity contribution in [2.45, 2.75) is 13.8 Å². The number of benzene rings is 1. The minimum Gasteiger partial charge on any atom is -0.478 e. The van der Waals surface area contributed by atoms with Crippen molar-refractivity contribution in [2.75, 3.05) is 0 Å². The molecular weight excluding hydrogens is 292 g/mol. The van der Waals surface area contributed by atoms with Gasteiger partial charge < -0.3 is 9.84 Å². The van der Waals surface area contributed by atoms with E-state index in [-0.39, 0.29) is 0 Å². The highest BCUT2D eigenvalue weighted by Gasteiger charge is 2.14. The Morgan fingerprint density at radius 2 is 2.14 bits per heavy atom. The van der Waals surface area contributed by atoms with Crippen LogP contribution in [0.5, 0.6) is 11.5 Å². The summed E-state index contributed by atoms with van der Waals surface area (Å²) >= 11 is 6.12. The molecule has 0 spiro atoms. The molecule has 5 nitrogen and oxygen atoms in total. The Kier molecular flexibility index (Phi) is 4.33. The van der Waals surface area contributed by atoms with E-state index in [1.54, 1.807) is 22.9 Å². The van der Waals surface area contributed by atoms with Crippen LogP contribution in [-0.4, -0.2) is 20.9 Å². The Morgan fingerprint density at radius 1 is 1.43 bits per heavy atom. The largest absolute Gasteiger partial charge is 0.478 e. The second-order valence-electron chi connectivity index (χ2n) is 4.55. The van der Waals surface area contributed by atoms with E-state index in [2.05, 4.69) is 5.10 Å². The van der Waals surface area contributed by atoms with Gasteiger partial charge >= 0.3 is 5.97 Å². The number of carboxylic acid groups (broad SMARTS) is 1. The molecule has 0 aliphatic rings. The molecular formula is C15H15ClN2O3. The number of carboxylic acids is 1. The van der Waals surface area contributed by atoms with Gasteiger partial charge in [0.25, 0.3) is 0 Å². The molecule has 1 N–H and O–H groups in total. The molecule has 110 valence electrons. The van der Waals surface area contributed by atoms with Crippen LogP contribution in [0.25, 0.3) is 6.08 Å². The van der Waals surface area contributed by atoms with Crippen molar-refractivity contribution < 1.29 is 14.6 Å². The van der Waals surface area contributed by atoms with Crippen LogP contribution in [0.3, 0.4) is 0 Å². The molecule has 0 radical (unpaired) electrons. The Bertz CT molecular complexity index is 720. The molecule has 0 fully saturated rings. The van der Waals surface area contributed by atoms with E-state index in [9.17, 15) is 4.79 Å². The Morgan fingerprint density at radius 3 is 2.71 bits per heavy atom. The molecule has 0 atom stereocenters. The van der Waals surface area contributed by atoms with Crippen molar-refractivity contribution in [1.29, 1.82) is 0 Å². The molecule has 21 heavy (non-hydrogen) atoms. The third kappa shape index (κ3) is 3.25. The third-order valence-corrected chi connectivity index (χ3v) is 3.39. The van der Waals surface area contributed by atoms with Crippen molar-refractivity contribution in [3.63, 3.8) is 0 Å². The predicted molar refractivity (Wildman–Crippen MR) is 80.9 cm³/mol. The van der Waals surface area contributed by atoms with E-state index in [1.165, 1.54) is 6.08 Å². The second kappa shape index (κ2) is 6.01. The van der Waals surface area contributed by atoms with Crippen LogP contribution < -0.4 is 4.74 Å². The number of halogens is 1. The van der Waals surface area contributed by atoms with E-state index >= 15 is 0 Å². The van der Waals surface area contributed by atoms with Gasteiger partial charge in [0.1, 0.15) is 11.4 Å². The number of carbonyl (C=O) groups is 1. The maximum atomic E-state index is 10.7. The quantitative estimate of drug-likeness (QED) is 0.877.